The second-order valence-electron chi connectivity index (χ2n) is 3.40. The van der Waals surface area contributed by atoms with Crippen molar-refractivity contribution in [2.45, 2.75) is 39.5 Å². The summed E-state index contributed by atoms with van der Waals surface area (Å²) < 4.78 is 0. The summed E-state index contributed by atoms with van der Waals surface area (Å²) in [5.41, 5.74) is -0.760. The first-order valence-electron chi connectivity index (χ1n) is 4.16. The Morgan fingerprint density at radius 3 is 2.36 bits per heavy atom. The zero-order valence-corrected chi connectivity index (χ0v) is 7.94. The summed E-state index contributed by atoms with van der Waals surface area (Å²) in [5, 5.41) is 15.5. The van der Waals surface area contributed by atoms with Crippen LogP contribution < -0.4 is 10.6 Å². The lowest BCUT2D eigenvalue weighted by Crippen LogP contribution is -2.46. The molecular formula is C8H20N2O. The van der Waals surface area contributed by atoms with Crippen molar-refractivity contribution in [2.75, 3.05) is 13.1 Å². The molecule has 0 aromatic heterocycles. The molecule has 0 aliphatic rings. The molecule has 1 atom stereocenters. The minimum absolute atomic E-state index is 0.409. The Balaban J connectivity index is 3.38. The third-order valence-corrected chi connectivity index (χ3v) is 1.39. The minimum Gasteiger partial charge on any atom is -0.376 e. The lowest BCUT2D eigenvalue weighted by molar-refractivity contribution is 0.0417. The molecule has 0 aromatic rings. The van der Waals surface area contributed by atoms with Crippen LogP contribution in [-0.4, -0.2) is 30.0 Å². The molecular weight excluding hydrogens is 140 g/mol. The van der Waals surface area contributed by atoms with Gasteiger partial charge in [0, 0.05) is 12.6 Å². The van der Waals surface area contributed by atoms with Gasteiger partial charge in [-0.1, -0.05) is 6.92 Å². The van der Waals surface area contributed by atoms with Gasteiger partial charge in [-0.2, -0.15) is 0 Å². The number of nitrogens with one attached hydrogen (secondary N) is 2. The van der Waals surface area contributed by atoms with Crippen LogP contribution in [0.1, 0.15) is 27.7 Å². The summed E-state index contributed by atoms with van der Waals surface area (Å²) in [6.07, 6.45) is 0. The normalized spacial score (nSPS) is 15.0. The summed E-state index contributed by atoms with van der Waals surface area (Å²) in [6, 6.07) is 0.409. The maximum absolute atomic E-state index is 9.30. The number of hydrogen-bond acceptors (Lipinski definition) is 3. The van der Waals surface area contributed by atoms with Crippen LogP contribution in [0.3, 0.4) is 0 Å². The molecule has 0 saturated carbocycles. The van der Waals surface area contributed by atoms with Crippen LogP contribution in [0.4, 0.5) is 0 Å². The van der Waals surface area contributed by atoms with Gasteiger partial charge in [0.15, 0.2) is 0 Å². The molecule has 3 heteroatoms. The fraction of sp³-hybridized carbons (Fsp3) is 1.00. The van der Waals surface area contributed by atoms with Crippen molar-refractivity contribution < 1.29 is 5.11 Å². The van der Waals surface area contributed by atoms with Crippen LogP contribution in [0.2, 0.25) is 0 Å². The van der Waals surface area contributed by atoms with E-state index in [4.69, 9.17) is 0 Å². The predicted octanol–water partition coefficient (Wildman–Crippen LogP) is 0.302. The molecule has 0 fully saturated rings. The van der Waals surface area contributed by atoms with Gasteiger partial charge in [-0.3, -0.25) is 5.32 Å². The van der Waals surface area contributed by atoms with Gasteiger partial charge in [0.25, 0.3) is 0 Å². The molecule has 0 spiro atoms. The Morgan fingerprint density at radius 2 is 2.00 bits per heavy atom. The van der Waals surface area contributed by atoms with Crippen molar-refractivity contribution in [3.63, 3.8) is 0 Å². The highest BCUT2D eigenvalue weighted by molar-refractivity contribution is 4.68. The molecule has 0 saturated heterocycles. The highest BCUT2D eigenvalue weighted by Crippen LogP contribution is 1.93. The van der Waals surface area contributed by atoms with Gasteiger partial charge in [-0.25, -0.2) is 0 Å². The van der Waals surface area contributed by atoms with Gasteiger partial charge in [-0.15, -0.1) is 0 Å². The van der Waals surface area contributed by atoms with Crippen LogP contribution in [0, 0.1) is 0 Å². The maximum atomic E-state index is 9.30. The third kappa shape index (κ3) is 7.78. The SMILES string of the molecule is CCNC(C)CNC(C)(C)O. The van der Waals surface area contributed by atoms with Crippen LogP contribution >= 0.6 is 0 Å². The van der Waals surface area contributed by atoms with E-state index in [2.05, 4.69) is 24.5 Å². The number of rotatable bonds is 5. The average molecular weight is 160 g/mol. The summed E-state index contributed by atoms with van der Waals surface area (Å²) in [4.78, 5) is 0. The van der Waals surface area contributed by atoms with Crippen molar-refractivity contribution in [3.8, 4) is 0 Å². The molecule has 0 aliphatic heterocycles. The highest BCUT2D eigenvalue weighted by Gasteiger charge is 2.11. The van der Waals surface area contributed by atoms with Crippen molar-refractivity contribution in [3.05, 3.63) is 0 Å². The first kappa shape index (κ1) is 10.9. The smallest absolute Gasteiger partial charge is 0.110 e. The van der Waals surface area contributed by atoms with Gasteiger partial charge in [0.05, 0.1) is 0 Å². The van der Waals surface area contributed by atoms with E-state index in [-0.39, 0.29) is 0 Å². The van der Waals surface area contributed by atoms with Gasteiger partial charge in [-0.05, 0) is 27.3 Å². The zero-order chi connectivity index (χ0) is 8.91. The second kappa shape index (κ2) is 4.70. The molecule has 68 valence electrons. The molecule has 0 aromatic carbocycles. The Bertz CT molecular complexity index is 98.8. The average Bonchev–Trinajstić information content (AvgIpc) is 1.83. The summed E-state index contributed by atoms with van der Waals surface area (Å²) in [7, 11) is 0. The molecule has 0 bridgehead atoms. The molecule has 3 nitrogen and oxygen atoms in total. The van der Waals surface area contributed by atoms with Crippen LogP contribution in [0.15, 0.2) is 0 Å². The second-order valence-corrected chi connectivity index (χ2v) is 3.40. The van der Waals surface area contributed by atoms with E-state index < -0.39 is 5.72 Å². The van der Waals surface area contributed by atoms with E-state index in [1.165, 1.54) is 0 Å². The zero-order valence-electron chi connectivity index (χ0n) is 7.94. The van der Waals surface area contributed by atoms with E-state index in [0.717, 1.165) is 13.1 Å². The molecule has 11 heavy (non-hydrogen) atoms. The Hall–Kier alpha value is -0.120. The number of likely N-dealkylation sites (N-methyl/N-ethyl adjacent to an activating group) is 1. The topological polar surface area (TPSA) is 44.3 Å². The first-order valence-corrected chi connectivity index (χ1v) is 4.16. The standard InChI is InChI=1S/C8H20N2O/c1-5-9-7(2)6-10-8(3,4)11/h7,9-11H,5-6H2,1-4H3. The van der Waals surface area contributed by atoms with E-state index >= 15 is 0 Å². The lowest BCUT2D eigenvalue weighted by Gasteiger charge is -2.22. The highest BCUT2D eigenvalue weighted by atomic mass is 16.3. The fourth-order valence-electron chi connectivity index (χ4n) is 0.823. The van der Waals surface area contributed by atoms with Crippen molar-refractivity contribution in [1.29, 1.82) is 0 Å². The van der Waals surface area contributed by atoms with Gasteiger partial charge in [0.1, 0.15) is 5.72 Å². The lowest BCUT2D eigenvalue weighted by atomic mass is 10.2. The summed E-state index contributed by atoms with van der Waals surface area (Å²) in [5.74, 6) is 0. The summed E-state index contributed by atoms with van der Waals surface area (Å²) >= 11 is 0. The van der Waals surface area contributed by atoms with E-state index in [0.29, 0.717) is 6.04 Å². The van der Waals surface area contributed by atoms with E-state index in [9.17, 15) is 5.11 Å². The molecule has 0 rings (SSSR count). The Labute approximate surface area is 69.2 Å². The van der Waals surface area contributed by atoms with Crippen LogP contribution in [0.25, 0.3) is 0 Å². The molecule has 0 aliphatic carbocycles. The van der Waals surface area contributed by atoms with Crippen LogP contribution in [0.5, 0.6) is 0 Å². The predicted molar refractivity (Wildman–Crippen MR) is 47.4 cm³/mol. The largest absolute Gasteiger partial charge is 0.376 e. The summed E-state index contributed by atoms with van der Waals surface area (Å²) in [6.45, 7) is 9.40. The fourth-order valence-corrected chi connectivity index (χ4v) is 0.823. The van der Waals surface area contributed by atoms with Crippen molar-refractivity contribution in [1.82, 2.24) is 10.6 Å². The van der Waals surface area contributed by atoms with Crippen molar-refractivity contribution >= 4 is 0 Å². The van der Waals surface area contributed by atoms with E-state index in [1.807, 2.05) is 0 Å². The molecule has 0 heterocycles. The third-order valence-electron chi connectivity index (χ3n) is 1.39. The van der Waals surface area contributed by atoms with Gasteiger partial charge in [0.2, 0.25) is 0 Å². The number of hydrogen-bond donors (Lipinski definition) is 3. The monoisotopic (exact) mass is 160 g/mol. The molecule has 1 unspecified atom stereocenters. The van der Waals surface area contributed by atoms with Gasteiger partial charge < -0.3 is 10.4 Å². The number of aliphatic hydroxyl groups is 1. The van der Waals surface area contributed by atoms with E-state index in [1.54, 1.807) is 13.8 Å². The molecule has 0 amide bonds. The van der Waals surface area contributed by atoms with Crippen LogP contribution in [-0.2, 0) is 0 Å². The minimum atomic E-state index is -0.760. The Morgan fingerprint density at radius 1 is 1.45 bits per heavy atom. The molecule has 3 N–H and O–H groups in total. The van der Waals surface area contributed by atoms with Gasteiger partial charge >= 0.3 is 0 Å². The molecule has 0 radical (unpaired) electrons. The maximum Gasteiger partial charge on any atom is 0.110 e. The first-order chi connectivity index (χ1) is 4.95. The Kier molecular flexibility index (Phi) is 4.65. The quantitative estimate of drug-likeness (QED) is 0.507. The van der Waals surface area contributed by atoms with Crippen molar-refractivity contribution in [2.24, 2.45) is 0 Å².